The van der Waals surface area contributed by atoms with Gasteiger partial charge in [-0.1, -0.05) is 91.0 Å². The van der Waals surface area contributed by atoms with Gasteiger partial charge in [0.25, 0.3) is 0 Å². The first-order chi connectivity index (χ1) is 25.8. The van der Waals surface area contributed by atoms with Gasteiger partial charge in [-0.2, -0.15) is 0 Å². The van der Waals surface area contributed by atoms with Gasteiger partial charge in [-0.05, 0) is 90.0 Å². The Morgan fingerprint density at radius 3 is 1.65 bits per heavy atom. The Hall–Kier alpha value is -7.04. The van der Waals surface area contributed by atoms with Crippen molar-refractivity contribution in [3.63, 3.8) is 0 Å². The Morgan fingerprint density at radius 2 is 0.904 bits per heavy atom. The highest BCUT2D eigenvalue weighted by molar-refractivity contribution is 6.24. The van der Waals surface area contributed by atoms with Gasteiger partial charge in [0.2, 0.25) is 0 Å². The number of rotatable bonds is 3. The van der Waals surface area contributed by atoms with Crippen LogP contribution in [0.4, 0.5) is 0 Å². The molecular formula is C48H28N2O2. The zero-order valence-electron chi connectivity index (χ0n) is 27.9. The molecule has 4 heteroatoms. The molecule has 0 saturated heterocycles. The molecule has 0 atom stereocenters. The van der Waals surface area contributed by atoms with Crippen molar-refractivity contribution in [2.24, 2.45) is 0 Å². The SMILES string of the molecule is c1ccc(-n2c3ccccc3c3cc(-c4ccc5c(c4)c4ccccc4n5-c4cccc5oc6ccc7c8ccccc8oc7c6c45)ccc32)cc1. The summed E-state index contributed by atoms with van der Waals surface area (Å²) in [7, 11) is 0. The topological polar surface area (TPSA) is 36.1 Å². The van der Waals surface area contributed by atoms with E-state index in [1.54, 1.807) is 0 Å². The molecule has 0 N–H and O–H groups in total. The fourth-order valence-electron chi connectivity index (χ4n) is 8.67. The van der Waals surface area contributed by atoms with Gasteiger partial charge >= 0.3 is 0 Å². The lowest BCUT2D eigenvalue weighted by Crippen LogP contribution is -1.94. The lowest BCUT2D eigenvalue weighted by Gasteiger charge is -2.10. The molecule has 0 aliphatic heterocycles. The van der Waals surface area contributed by atoms with Crippen LogP contribution in [0.3, 0.4) is 0 Å². The summed E-state index contributed by atoms with van der Waals surface area (Å²) in [5.41, 5.74) is 12.7. The Kier molecular flexibility index (Phi) is 5.47. The maximum atomic E-state index is 6.56. The van der Waals surface area contributed by atoms with Crippen molar-refractivity contribution in [3.8, 4) is 22.5 Å². The normalized spacial score (nSPS) is 12.2. The molecule has 0 saturated carbocycles. The van der Waals surface area contributed by atoms with Crippen molar-refractivity contribution in [2.75, 3.05) is 0 Å². The predicted octanol–water partition coefficient (Wildman–Crippen LogP) is 13.3. The van der Waals surface area contributed by atoms with E-state index in [4.69, 9.17) is 8.83 Å². The van der Waals surface area contributed by atoms with Crippen molar-refractivity contribution in [1.82, 2.24) is 9.13 Å². The smallest absolute Gasteiger partial charge is 0.147 e. The molecule has 0 aliphatic carbocycles. The standard InChI is InChI=1S/C48H28N2O2/c1-2-11-31(12-3-1)49-38-16-7-4-13-32(38)36-27-29(21-24-40(36)49)30-22-25-41-37(28-30)33-14-5-8-17-39(33)50(41)42-18-10-20-44-46(42)47-45(51-44)26-23-35-34-15-6-9-19-43(34)52-48(35)47/h1-28H. The average molecular weight is 665 g/mol. The molecule has 0 fully saturated rings. The molecule has 52 heavy (non-hydrogen) atoms. The number of para-hydroxylation sites is 4. The predicted molar refractivity (Wildman–Crippen MR) is 215 cm³/mol. The molecule has 242 valence electrons. The highest BCUT2D eigenvalue weighted by atomic mass is 16.3. The molecule has 8 aromatic carbocycles. The van der Waals surface area contributed by atoms with Crippen LogP contribution in [-0.4, -0.2) is 9.13 Å². The number of nitrogens with zero attached hydrogens (tertiary/aromatic N) is 2. The third-order valence-corrected chi connectivity index (χ3v) is 10.9. The van der Waals surface area contributed by atoms with Crippen LogP contribution in [0.25, 0.3) is 110 Å². The molecule has 12 rings (SSSR count). The van der Waals surface area contributed by atoms with E-state index in [1.807, 2.05) is 12.1 Å². The van der Waals surface area contributed by atoms with Gasteiger partial charge in [0, 0.05) is 38.0 Å². The van der Waals surface area contributed by atoms with E-state index in [2.05, 4.69) is 167 Å². The summed E-state index contributed by atoms with van der Waals surface area (Å²) in [6, 6.07) is 60.6. The number of furan rings is 2. The van der Waals surface area contributed by atoms with Gasteiger partial charge in [0.1, 0.15) is 22.3 Å². The Balaban J connectivity index is 1.10. The molecule has 0 amide bonds. The number of benzene rings is 8. The maximum absolute atomic E-state index is 6.56. The van der Waals surface area contributed by atoms with Crippen LogP contribution >= 0.6 is 0 Å². The fraction of sp³-hybridized carbons (Fsp3) is 0. The van der Waals surface area contributed by atoms with Gasteiger partial charge in [-0.15, -0.1) is 0 Å². The highest BCUT2D eigenvalue weighted by Gasteiger charge is 2.22. The molecular weight excluding hydrogens is 637 g/mol. The number of hydrogen-bond acceptors (Lipinski definition) is 2. The lowest BCUT2D eigenvalue weighted by atomic mass is 10.0. The van der Waals surface area contributed by atoms with E-state index >= 15 is 0 Å². The van der Waals surface area contributed by atoms with E-state index < -0.39 is 0 Å². The lowest BCUT2D eigenvalue weighted by molar-refractivity contribution is 0.663. The van der Waals surface area contributed by atoms with Crippen LogP contribution in [-0.2, 0) is 0 Å². The van der Waals surface area contributed by atoms with E-state index in [1.165, 1.54) is 43.7 Å². The second-order valence-electron chi connectivity index (χ2n) is 13.7. The summed E-state index contributed by atoms with van der Waals surface area (Å²) >= 11 is 0. The van der Waals surface area contributed by atoms with Crippen molar-refractivity contribution in [1.29, 1.82) is 0 Å². The van der Waals surface area contributed by atoms with Crippen LogP contribution in [0, 0.1) is 0 Å². The minimum absolute atomic E-state index is 0.820. The molecule has 4 heterocycles. The summed E-state index contributed by atoms with van der Waals surface area (Å²) in [6.45, 7) is 0. The van der Waals surface area contributed by atoms with Crippen LogP contribution in [0.15, 0.2) is 179 Å². The molecule has 0 unspecified atom stereocenters. The Morgan fingerprint density at radius 1 is 0.327 bits per heavy atom. The number of fused-ring (bicyclic) bond motifs is 13. The van der Waals surface area contributed by atoms with Gasteiger partial charge in [0.15, 0.2) is 0 Å². The van der Waals surface area contributed by atoms with Crippen LogP contribution in [0.1, 0.15) is 0 Å². The van der Waals surface area contributed by atoms with Crippen molar-refractivity contribution < 1.29 is 8.83 Å². The van der Waals surface area contributed by atoms with Crippen LogP contribution < -0.4 is 0 Å². The van der Waals surface area contributed by atoms with Crippen molar-refractivity contribution >= 4 is 87.5 Å². The summed E-state index contributed by atoms with van der Waals surface area (Å²) in [6.07, 6.45) is 0. The van der Waals surface area contributed by atoms with Gasteiger partial charge in [-0.25, -0.2) is 0 Å². The minimum atomic E-state index is 0.820. The van der Waals surface area contributed by atoms with Gasteiger partial charge in [-0.3, -0.25) is 0 Å². The fourth-order valence-corrected chi connectivity index (χ4v) is 8.67. The largest absolute Gasteiger partial charge is 0.456 e. The Bertz CT molecular complexity index is 3410. The average Bonchev–Trinajstić information content (AvgIpc) is 3.95. The summed E-state index contributed by atoms with van der Waals surface area (Å²) in [5, 5.41) is 9.17. The van der Waals surface area contributed by atoms with Crippen LogP contribution in [0.5, 0.6) is 0 Å². The zero-order chi connectivity index (χ0) is 33.9. The first kappa shape index (κ1) is 27.7. The summed E-state index contributed by atoms with van der Waals surface area (Å²) in [4.78, 5) is 0. The second kappa shape index (κ2) is 10.3. The van der Waals surface area contributed by atoms with Crippen molar-refractivity contribution in [3.05, 3.63) is 170 Å². The van der Waals surface area contributed by atoms with E-state index in [-0.39, 0.29) is 0 Å². The van der Waals surface area contributed by atoms with E-state index in [0.717, 1.165) is 66.3 Å². The first-order valence-electron chi connectivity index (χ1n) is 17.7. The molecule has 0 spiro atoms. The first-order valence-corrected chi connectivity index (χ1v) is 17.7. The summed E-state index contributed by atoms with van der Waals surface area (Å²) in [5.74, 6) is 0. The molecule has 12 aromatic rings. The molecule has 0 radical (unpaired) electrons. The van der Waals surface area contributed by atoms with Gasteiger partial charge in [0.05, 0.1) is 38.5 Å². The van der Waals surface area contributed by atoms with Crippen molar-refractivity contribution in [2.45, 2.75) is 0 Å². The molecule has 0 bridgehead atoms. The zero-order valence-corrected chi connectivity index (χ0v) is 27.9. The number of aromatic nitrogens is 2. The van der Waals surface area contributed by atoms with Gasteiger partial charge < -0.3 is 18.0 Å². The Labute approximate surface area is 296 Å². The second-order valence-corrected chi connectivity index (χ2v) is 13.7. The maximum Gasteiger partial charge on any atom is 0.147 e. The number of hydrogen-bond donors (Lipinski definition) is 0. The van der Waals surface area contributed by atoms with Crippen LogP contribution in [0.2, 0.25) is 0 Å². The highest BCUT2D eigenvalue weighted by Crippen LogP contribution is 2.44. The molecule has 0 aliphatic rings. The monoisotopic (exact) mass is 664 g/mol. The summed E-state index contributed by atoms with van der Waals surface area (Å²) < 4.78 is 17.8. The van der Waals surface area contributed by atoms with E-state index in [9.17, 15) is 0 Å². The van der Waals surface area contributed by atoms with E-state index in [0.29, 0.717) is 0 Å². The molecule has 4 nitrogen and oxygen atoms in total. The quantitative estimate of drug-likeness (QED) is 0.188. The third-order valence-electron chi connectivity index (χ3n) is 10.9. The molecule has 4 aromatic heterocycles. The minimum Gasteiger partial charge on any atom is -0.456 e. The third kappa shape index (κ3) is 3.70.